The van der Waals surface area contributed by atoms with Crippen LogP contribution in [0.5, 0.6) is 5.88 Å². The first kappa shape index (κ1) is 16.7. The predicted molar refractivity (Wildman–Crippen MR) is 89.5 cm³/mol. The van der Waals surface area contributed by atoms with Gasteiger partial charge in [0.2, 0.25) is 11.8 Å². The molecule has 2 atom stereocenters. The number of aromatic nitrogens is 1. The van der Waals surface area contributed by atoms with Crippen molar-refractivity contribution in [3.63, 3.8) is 0 Å². The molecule has 2 amide bonds. The molecule has 0 saturated heterocycles. The summed E-state index contributed by atoms with van der Waals surface area (Å²) in [7, 11) is 1.41. The van der Waals surface area contributed by atoms with Crippen molar-refractivity contribution in [1.82, 2.24) is 4.98 Å². The number of carbonyl (C=O) groups is 2. The molecule has 24 heavy (non-hydrogen) atoms. The summed E-state index contributed by atoms with van der Waals surface area (Å²) in [4.78, 5) is 28.1. The van der Waals surface area contributed by atoms with Gasteiger partial charge in [-0.15, -0.1) is 0 Å². The third-order valence-electron chi connectivity index (χ3n) is 5.36. The lowest BCUT2D eigenvalue weighted by Gasteiger charge is -2.43. The zero-order chi connectivity index (χ0) is 17.3. The quantitative estimate of drug-likeness (QED) is 0.767. The Bertz CT molecular complexity index is 635. The Morgan fingerprint density at radius 3 is 2.54 bits per heavy atom. The average molecular weight is 332 g/mol. The highest BCUT2D eigenvalue weighted by atomic mass is 16.5. The van der Waals surface area contributed by atoms with Gasteiger partial charge in [0.25, 0.3) is 5.91 Å². The number of ether oxygens (including phenoxy) is 1. The Hall–Kier alpha value is -2.15. The highest BCUT2D eigenvalue weighted by molar-refractivity contribution is 5.98. The lowest BCUT2D eigenvalue weighted by molar-refractivity contribution is -0.122. The van der Waals surface area contributed by atoms with Gasteiger partial charge in [-0.3, -0.25) is 9.59 Å². The van der Waals surface area contributed by atoms with Crippen LogP contribution in [0.2, 0.25) is 0 Å². The molecule has 7 heteroatoms. The summed E-state index contributed by atoms with van der Waals surface area (Å²) >= 11 is 0. The Labute approximate surface area is 141 Å². The first-order valence-electron chi connectivity index (χ1n) is 8.40. The molecule has 1 aromatic rings. The number of nitrogens with two attached hydrogens (primary N) is 2. The maximum atomic E-state index is 12.6. The minimum Gasteiger partial charge on any atom is -0.480 e. The van der Waals surface area contributed by atoms with Crippen molar-refractivity contribution in [1.29, 1.82) is 0 Å². The molecule has 0 radical (unpaired) electrons. The van der Waals surface area contributed by atoms with Crippen LogP contribution in [0.15, 0.2) is 12.3 Å². The lowest BCUT2D eigenvalue weighted by Crippen LogP contribution is -2.48. The number of primary amides is 1. The molecule has 130 valence electrons. The Morgan fingerprint density at radius 1 is 1.29 bits per heavy atom. The standard InChI is InChI=1S/C17H24N4O3/c1-24-17-13(15(19)22)7-12(8-20-17)21-16(23)11-5-9-3-2-4-10(6-11)14(9)18/h7-11,14H,2-6,18H2,1H3,(H2,19,22)(H,21,23). The molecular formula is C17H24N4O3. The van der Waals surface area contributed by atoms with Crippen LogP contribution in [-0.4, -0.2) is 29.9 Å². The molecule has 5 N–H and O–H groups in total. The van der Waals surface area contributed by atoms with E-state index in [9.17, 15) is 9.59 Å². The molecule has 1 aromatic heterocycles. The fraction of sp³-hybridized carbons (Fsp3) is 0.588. The Kier molecular flexibility index (Phi) is 4.71. The number of hydrogen-bond acceptors (Lipinski definition) is 5. The van der Waals surface area contributed by atoms with Gasteiger partial charge in [0.1, 0.15) is 5.56 Å². The van der Waals surface area contributed by atoms with Crippen molar-refractivity contribution in [2.45, 2.75) is 38.1 Å². The second kappa shape index (κ2) is 6.76. The largest absolute Gasteiger partial charge is 0.480 e. The summed E-state index contributed by atoms with van der Waals surface area (Å²) in [6, 6.07) is 1.73. The van der Waals surface area contributed by atoms with E-state index in [2.05, 4.69) is 10.3 Å². The van der Waals surface area contributed by atoms with Crippen molar-refractivity contribution in [2.75, 3.05) is 12.4 Å². The molecule has 0 aromatic carbocycles. The fourth-order valence-corrected chi connectivity index (χ4v) is 4.11. The smallest absolute Gasteiger partial charge is 0.254 e. The van der Waals surface area contributed by atoms with Gasteiger partial charge >= 0.3 is 0 Å². The molecule has 2 bridgehead atoms. The summed E-state index contributed by atoms with van der Waals surface area (Å²) in [6.45, 7) is 0. The van der Waals surface area contributed by atoms with Gasteiger partial charge in [0.15, 0.2) is 0 Å². The summed E-state index contributed by atoms with van der Waals surface area (Å²) in [5, 5.41) is 2.86. The van der Waals surface area contributed by atoms with Crippen LogP contribution < -0.4 is 21.5 Å². The number of carbonyl (C=O) groups excluding carboxylic acids is 2. The number of fused-ring (bicyclic) bond motifs is 2. The van der Waals surface area contributed by atoms with Gasteiger partial charge in [0, 0.05) is 12.0 Å². The number of rotatable bonds is 4. The van der Waals surface area contributed by atoms with Crippen molar-refractivity contribution >= 4 is 17.5 Å². The van der Waals surface area contributed by atoms with Gasteiger partial charge in [-0.1, -0.05) is 6.42 Å². The molecule has 1 heterocycles. The minimum absolute atomic E-state index is 0.0406. The fourth-order valence-electron chi connectivity index (χ4n) is 4.11. The average Bonchev–Trinajstić information content (AvgIpc) is 2.54. The summed E-state index contributed by atoms with van der Waals surface area (Å²) < 4.78 is 5.01. The number of methoxy groups -OCH3 is 1. The normalized spacial score (nSPS) is 28.9. The zero-order valence-electron chi connectivity index (χ0n) is 13.8. The predicted octanol–water partition coefficient (Wildman–Crippen LogP) is 1.28. The third-order valence-corrected chi connectivity index (χ3v) is 5.36. The van der Waals surface area contributed by atoms with Gasteiger partial charge in [-0.2, -0.15) is 0 Å². The third kappa shape index (κ3) is 3.21. The summed E-state index contributed by atoms with van der Waals surface area (Å²) in [5.41, 5.74) is 12.2. The second-order valence-electron chi connectivity index (χ2n) is 6.83. The molecular weight excluding hydrogens is 308 g/mol. The number of nitrogens with one attached hydrogen (secondary N) is 1. The minimum atomic E-state index is -0.645. The number of nitrogens with zero attached hydrogens (tertiary/aromatic N) is 1. The van der Waals surface area contributed by atoms with Gasteiger partial charge < -0.3 is 21.5 Å². The van der Waals surface area contributed by atoms with Crippen LogP contribution in [0.1, 0.15) is 42.5 Å². The molecule has 2 aliphatic rings. The monoisotopic (exact) mass is 332 g/mol. The topological polar surface area (TPSA) is 120 Å². The molecule has 2 fully saturated rings. The number of hydrogen-bond donors (Lipinski definition) is 3. The van der Waals surface area contributed by atoms with Crippen molar-refractivity contribution in [3.05, 3.63) is 17.8 Å². The van der Waals surface area contributed by atoms with Crippen LogP contribution in [0.25, 0.3) is 0 Å². The molecule has 0 spiro atoms. The zero-order valence-corrected chi connectivity index (χ0v) is 13.8. The molecule has 2 unspecified atom stereocenters. The van der Waals surface area contributed by atoms with Crippen LogP contribution >= 0.6 is 0 Å². The number of anilines is 1. The van der Waals surface area contributed by atoms with E-state index in [1.54, 1.807) is 0 Å². The first-order valence-corrected chi connectivity index (χ1v) is 8.40. The maximum absolute atomic E-state index is 12.6. The van der Waals surface area contributed by atoms with E-state index in [0.717, 1.165) is 25.7 Å². The van der Waals surface area contributed by atoms with Crippen molar-refractivity contribution in [2.24, 2.45) is 29.2 Å². The van der Waals surface area contributed by atoms with Crippen LogP contribution in [0.3, 0.4) is 0 Å². The van der Waals surface area contributed by atoms with Crippen molar-refractivity contribution < 1.29 is 14.3 Å². The van der Waals surface area contributed by atoms with Crippen molar-refractivity contribution in [3.8, 4) is 5.88 Å². The van der Waals surface area contributed by atoms with E-state index < -0.39 is 5.91 Å². The summed E-state index contributed by atoms with van der Waals surface area (Å²) in [6.07, 6.45) is 6.56. The Balaban J connectivity index is 1.71. The molecule has 2 saturated carbocycles. The maximum Gasteiger partial charge on any atom is 0.254 e. The van der Waals surface area contributed by atoms with Gasteiger partial charge in [-0.25, -0.2) is 4.98 Å². The molecule has 7 nitrogen and oxygen atoms in total. The second-order valence-corrected chi connectivity index (χ2v) is 6.83. The lowest BCUT2D eigenvalue weighted by atomic mass is 9.65. The van der Waals surface area contributed by atoms with E-state index in [1.807, 2.05) is 0 Å². The van der Waals surface area contributed by atoms with E-state index in [1.165, 1.54) is 25.8 Å². The van der Waals surface area contributed by atoms with Crippen LogP contribution in [0, 0.1) is 17.8 Å². The van der Waals surface area contributed by atoms with E-state index >= 15 is 0 Å². The molecule has 2 aliphatic carbocycles. The first-order chi connectivity index (χ1) is 11.5. The summed E-state index contributed by atoms with van der Waals surface area (Å²) in [5.74, 6) is 0.291. The number of pyridine rings is 1. The Morgan fingerprint density at radius 2 is 1.96 bits per heavy atom. The van der Waals surface area contributed by atoms with E-state index in [0.29, 0.717) is 17.5 Å². The van der Waals surface area contributed by atoms with Crippen LogP contribution in [-0.2, 0) is 4.79 Å². The molecule has 3 rings (SSSR count). The van der Waals surface area contributed by atoms with E-state index in [4.69, 9.17) is 16.2 Å². The van der Waals surface area contributed by atoms with Gasteiger partial charge in [-0.05, 0) is 43.6 Å². The highest BCUT2D eigenvalue weighted by Crippen LogP contribution is 2.42. The number of amides is 2. The van der Waals surface area contributed by atoms with Crippen LogP contribution in [0.4, 0.5) is 5.69 Å². The molecule has 0 aliphatic heterocycles. The van der Waals surface area contributed by atoms with E-state index in [-0.39, 0.29) is 29.3 Å². The van der Waals surface area contributed by atoms with Gasteiger partial charge in [0.05, 0.1) is 19.0 Å². The highest BCUT2D eigenvalue weighted by Gasteiger charge is 2.40. The SMILES string of the molecule is COc1ncc(NC(=O)C2CC3CCCC(C2)C3N)cc1C(N)=O.